The lowest BCUT2D eigenvalue weighted by atomic mass is 10.2. The third-order valence-corrected chi connectivity index (χ3v) is 1.60. The third-order valence-electron chi connectivity index (χ3n) is 1.28. The zero-order valence-electron chi connectivity index (χ0n) is 9.30. The number of alkyl carbamates (subject to hydrolysis) is 1. The van der Waals surface area contributed by atoms with Crippen LogP contribution in [-0.4, -0.2) is 28.3 Å². The molecule has 0 radical (unpaired) electrons. The second kappa shape index (κ2) is 6.14. The lowest BCUT2D eigenvalue weighted by molar-refractivity contribution is -0.143. The topological polar surface area (TPSA) is 64.6 Å². The normalized spacial score (nSPS) is 12.9. The van der Waals surface area contributed by atoms with Gasteiger partial charge in [0.25, 0.3) is 0 Å². The fourth-order valence-electron chi connectivity index (χ4n) is 0.722. The highest BCUT2D eigenvalue weighted by Crippen LogP contribution is 2.06. The van der Waals surface area contributed by atoms with Crippen LogP contribution in [0.3, 0.4) is 0 Å². The van der Waals surface area contributed by atoms with Crippen molar-refractivity contribution >= 4 is 34.7 Å². The molecule has 6 heteroatoms. The van der Waals surface area contributed by atoms with Crippen molar-refractivity contribution in [2.24, 2.45) is 0 Å². The predicted octanol–water partition coefficient (Wildman–Crippen LogP) is 1.84. The van der Waals surface area contributed by atoms with Gasteiger partial charge in [-0.05, 0) is 50.3 Å². The number of hydrogen-bond donors (Lipinski definition) is 1. The van der Waals surface area contributed by atoms with E-state index in [0.717, 1.165) is 0 Å². The van der Waals surface area contributed by atoms with E-state index < -0.39 is 23.7 Å². The largest absolute Gasteiger partial charge is 0.453 e. The van der Waals surface area contributed by atoms with Gasteiger partial charge in [-0.15, -0.1) is 0 Å². The molecule has 0 aromatic carbocycles. The van der Waals surface area contributed by atoms with Gasteiger partial charge >= 0.3 is 12.1 Å². The quantitative estimate of drug-likeness (QED) is 0.487. The molecule has 0 fully saturated rings. The van der Waals surface area contributed by atoms with Crippen molar-refractivity contribution in [2.75, 3.05) is 4.61 Å². The predicted molar refractivity (Wildman–Crippen MR) is 63.8 cm³/mol. The zero-order chi connectivity index (χ0) is 12.1. The molecule has 1 atom stereocenters. The summed E-state index contributed by atoms with van der Waals surface area (Å²) in [5.74, 6) is -0.477. The minimum atomic E-state index is -0.699. The number of amides is 1. The van der Waals surface area contributed by atoms with Gasteiger partial charge in [-0.25, -0.2) is 9.59 Å². The van der Waals surface area contributed by atoms with E-state index in [1.54, 1.807) is 27.7 Å². The van der Waals surface area contributed by atoms with Crippen molar-refractivity contribution in [3.05, 3.63) is 0 Å². The van der Waals surface area contributed by atoms with Gasteiger partial charge in [0.1, 0.15) is 16.3 Å². The van der Waals surface area contributed by atoms with Crippen LogP contribution in [0.25, 0.3) is 0 Å². The Morgan fingerprint density at radius 2 is 1.93 bits per heavy atom. The first kappa shape index (κ1) is 14.5. The van der Waals surface area contributed by atoms with Gasteiger partial charge < -0.3 is 14.8 Å². The van der Waals surface area contributed by atoms with Gasteiger partial charge in [0.15, 0.2) is 0 Å². The summed E-state index contributed by atoms with van der Waals surface area (Å²) in [5, 5.41) is 2.38. The Hall–Kier alpha value is -0.530. The summed E-state index contributed by atoms with van der Waals surface area (Å²) in [5.41, 5.74) is -0.572. The van der Waals surface area contributed by atoms with E-state index in [9.17, 15) is 9.59 Å². The molecule has 0 aliphatic carbocycles. The molecule has 0 aliphatic rings. The number of halogens is 1. The molecule has 0 saturated carbocycles. The highest BCUT2D eigenvalue weighted by molar-refractivity contribution is 14.1. The number of carbonyl (C=O) groups excluding carboxylic acids is 2. The van der Waals surface area contributed by atoms with E-state index >= 15 is 0 Å². The molecule has 0 aromatic rings. The number of esters is 1. The summed E-state index contributed by atoms with van der Waals surface area (Å²) >= 11 is 1.90. The van der Waals surface area contributed by atoms with Gasteiger partial charge in [-0.3, -0.25) is 0 Å². The second-order valence-corrected chi connectivity index (χ2v) is 4.56. The Kier molecular flexibility index (Phi) is 5.92. The van der Waals surface area contributed by atoms with E-state index in [1.165, 1.54) is 0 Å². The number of ether oxygens (including phenoxy) is 2. The Balaban J connectivity index is 4.02. The summed E-state index contributed by atoms with van der Waals surface area (Å²) in [6.07, 6.45) is -0.625. The highest BCUT2D eigenvalue weighted by Gasteiger charge is 2.21. The SMILES string of the molecule is C[C@H](NC(=O)OC(C)(C)C)C(=O)OCI. The average molecular weight is 329 g/mol. The van der Waals surface area contributed by atoms with Gasteiger partial charge in [0.2, 0.25) is 0 Å². The lowest BCUT2D eigenvalue weighted by Gasteiger charge is -2.21. The van der Waals surface area contributed by atoms with E-state index in [2.05, 4.69) is 5.32 Å². The molecule has 0 spiro atoms. The highest BCUT2D eigenvalue weighted by atomic mass is 127. The van der Waals surface area contributed by atoms with E-state index in [4.69, 9.17) is 9.47 Å². The van der Waals surface area contributed by atoms with Crippen molar-refractivity contribution in [3.8, 4) is 0 Å². The van der Waals surface area contributed by atoms with Crippen molar-refractivity contribution in [1.82, 2.24) is 5.32 Å². The van der Waals surface area contributed by atoms with Crippen LogP contribution < -0.4 is 5.32 Å². The molecule has 0 aliphatic heterocycles. The number of alkyl halides is 1. The lowest BCUT2D eigenvalue weighted by Crippen LogP contribution is -2.42. The number of hydrogen-bond acceptors (Lipinski definition) is 4. The molecule has 1 amide bonds. The minimum absolute atomic E-state index is 0.261. The van der Waals surface area contributed by atoms with Crippen LogP contribution in [0.2, 0.25) is 0 Å². The monoisotopic (exact) mass is 329 g/mol. The van der Waals surface area contributed by atoms with Crippen LogP contribution in [0, 0.1) is 0 Å². The van der Waals surface area contributed by atoms with Gasteiger partial charge in [0.05, 0.1) is 0 Å². The molecule has 5 nitrogen and oxygen atoms in total. The van der Waals surface area contributed by atoms with Crippen LogP contribution in [0.5, 0.6) is 0 Å². The van der Waals surface area contributed by atoms with Crippen LogP contribution in [0.1, 0.15) is 27.7 Å². The number of carbonyl (C=O) groups is 2. The Bertz CT molecular complexity index is 237. The fourth-order valence-corrected chi connectivity index (χ4v) is 1.03. The third kappa shape index (κ3) is 7.40. The summed E-state index contributed by atoms with van der Waals surface area (Å²) in [6, 6.07) is -0.699. The van der Waals surface area contributed by atoms with Crippen molar-refractivity contribution < 1.29 is 19.1 Å². The maximum Gasteiger partial charge on any atom is 0.408 e. The first-order chi connectivity index (χ1) is 6.76. The minimum Gasteiger partial charge on any atom is -0.453 e. The van der Waals surface area contributed by atoms with Crippen molar-refractivity contribution in [2.45, 2.75) is 39.3 Å². The van der Waals surface area contributed by atoms with Crippen LogP contribution in [0.15, 0.2) is 0 Å². The standard InChI is InChI=1S/C9H16INO4/c1-6(7(12)14-5-10)11-8(13)15-9(2,3)4/h6H,5H2,1-4H3,(H,11,13)/t6-/m0/s1. The first-order valence-electron chi connectivity index (χ1n) is 4.48. The van der Waals surface area contributed by atoms with Gasteiger partial charge in [-0.1, -0.05) is 0 Å². The van der Waals surface area contributed by atoms with Crippen molar-refractivity contribution in [1.29, 1.82) is 0 Å². The molecule has 0 aromatic heterocycles. The molecule has 0 bridgehead atoms. The zero-order valence-corrected chi connectivity index (χ0v) is 11.5. The fraction of sp³-hybridized carbons (Fsp3) is 0.778. The van der Waals surface area contributed by atoms with Gasteiger partial charge in [0, 0.05) is 0 Å². The van der Waals surface area contributed by atoms with Crippen LogP contribution in [-0.2, 0) is 14.3 Å². The summed E-state index contributed by atoms with van der Waals surface area (Å²) in [4.78, 5) is 22.4. The van der Waals surface area contributed by atoms with Crippen molar-refractivity contribution in [3.63, 3.8) is 0 Å². The Labute approximate surface area is 103 Å². The maximum atomic E-state index is 11.2. The average Bonchev–Trinajstić information content (AvgIpc) is 2.00. The molecule has 1 N–H and O–H groups in total. The molecule has 0 saturated heterocycles. The summed E-state index contributed by atoms with van der Waals surface area (Å²) in [6.45, 7) is 6.79. The molecule has 0 rings (SSSR count). The Morgan fingerprint density at radius 1 is 1.40 bits per heavy atom. The molecule has 88 valence electrons. The smallest absolute Gasteiger partial charge is 0.408 e. The van der Waals surface area contributed by atoms with Crippen LogP contribution in [0.4, 0.5) is 4.79 Å². The molecule has 0 unspecified atom stereocenters. The van der Waals surface area contributed by atoms with E-state index in [-0.39, 0.29) is 4.61 Å². The first-order valence-corrected chi connectivity index (χ1v) is 6.01. The van der Waals surface area contributed by atoms with Crippen LogP contribution >= 0.6 is 22.6 Å². The Morgan fingerprint density at radius 3 is 2.33 bits per heavy atom. The molecule has 15 heavy (non-hydrogen) atoms. The summed E-state index contributed by atoms with van der Waals surface area (Å²) in [7, 11) is 0. The molecule has 0 heterocycles. The summed E-state index contributed by atoms with van der Waals surface area (Å²) < 4.78 is 9.95. The number of nitrogens with one attached hydrogen (secondary N) is 1. The van der Waals surface area contributed by atoms with E-state index in [1.807, 2.05) is 22.6 Å². The molecular formula is C9H16INO4. The molecular weight excluding hydrogens is 313 g/mol. The van der Waals surface area contributed by atoms with E-state index in [0.29, 0.717) is 0 Å². The maximum absolute atomic E-state index is 11.2. The van der Waals surface area contributed by atoms with Gasteiger partial charge in [-0.2, -0.15) is 0 Å². The second-order valence-electron chi connectivity index (χ2n) is 3.94. The number of rotatable bonds is 3.